The van der Waals surface area contributed by atoms with Crippen molar-refractivity contribution in [3.8, 4) is 0 Å². The molecule has 4 heteroatoms. The second-order valence-electron chi connectivity index (χ2n) is 2.63. The molecule has 0 saturated carbocycles. The second-order valence-corrected chi connectivity index (χ2v) is 2.63. The summed E-state index contributed by atoms with van der Waals surface area (Å²) in [7, 11) is 0. The maximum absolute atomic E-state index is 5.31. The topological polar surface area (TPSA) is 63.8 Å². The highest BCUT2D eigenvalue weighted by Crippen LogP contribution is 2.11. The molecule has 1 aromatic rings. The largest absolute Gasteiger partial charge is 0.271 e. The zero-order valence-electron chi connectivity index (χ0n) is 7.41. The van der Waals surface area contributed by atoms with Gasteiger partial charge in [-0.15, -0.1) is 0 Å². The lowest BCUT2D eigenvalue weighted by Gasteiger charge is -2.11. The second kappa shape index (κ2) is 4.13. The number of nitrogens with zero attached hydrogens (tertiary/aromatic N) is 2. The molecule has 66 valence electrons. The molecule has 0 aromatic carbocycles. The Labute approximate surface area is 72.2 Å². The van der Waals surface area contributed by atoms with Crippen molar-refractivity contribution in [2.45, 2.75) is 26.3 Å². The Hall–Kier alpha value is -1.00. The van der Waals surface area contributed by atoms with Gasteiger partial charge in [0.05, 0.1) is 17.4 Å². The van der Waals surface area contributed by atoms with Gasteiger partial charge in [-0.3, -0.25) is 21.2 Å². The van der Waals surface area contributed by atoms with E-state index in [2.05, 4.69) is 22.3 Å². The SMILES string of the molecule is CCc1nccnc1C(C)NN. The summed E-state index contributed by atoms with van der Waals surface area (Å²) in [6, 6.07) is 0.0636. The average molecular weight is 166 g/mol. The Balaban J connectivity index is 2.96. The minimum atomic E-state index is 0.0636. The van der Waals surface area contributed by atoms with Crippen molar-refractivity contribution >= 4 is 0 Å². The summed E-state index contributed by atoms with van der Waals surface area (Å²) in [4.78, 5) is 8.42. The Morgan fingerprint density at radius 3 is 2.75 bits per heavy atom. The first kappa shape index (κ1) is 9.09. The van der Waals surface area contributed by atoms with Crippen LogP contribution in [0.15, 0.2) is 12.4 Å². The lowest BCUT2D eigenvalue weighted by atomic mass is 10.1. The summed E-state index contributed by atoms with van der Waals surface area (Å²) in [6.45, 7) is 4.01. The van der Waals surface area contributed by atoms with E-state index in [1.165, 1.54) is 0 Å². The molecule has 3 N–H and O–H groups in total. The number of nitrogens with two attached hydrogens (primary N) is 1. The molecular weight excluding hydrogens is 152 g/mol. The fourth-order valence-electron chi connectivity index (χ4n) is 1.09. The van der Waals surface area contributed by atoms with Gasteiger partial charge in [0, 0.05) is 12.4 Å². The van der Waals surface area contributed by atoms with Crippen LogP contribution in [0.2, 0.25) is 0 Å². The van der Waals surface area contributed by atoms with Crippen molar-refractivity contribution in [3.63, 3.8) is 0 Å². The monoisotopic (exact) mass is 166 g/mol. The molecule has 1 rings (SSSR count). The van der Waals surface area contributed by atoms with Crippen molar-refractivity contribution in [1.29, 1.82) is 0 Å². The van der Waals surface area contributed by atoms with Gasteiger partial charge >= 0.3 is 0 Å². The Kier molecular flexibility index (Phi) is 3.13. The van der Waals surface area contributed by atoms with E-state index in [9.17, 15) is 0 Å². The molecular formula is C8H14N4. The van der Waals surface area contributed by atoms with Gasteiger partial charge < -0.3 is 0 Å². The van der Waals surface area contributed by atoms with Crippen LogP contribution in [0, 0.1) is 0 Å². The molecule has 4 nitrogen and oxygen atoms in total. The van der Waals surface area contributed by atoms with Gasteiger partial charge in [-0.2, -0.15) is 0 Å². The number of hydrogen-bond acceptors (Lipinski definition) is 4. The molecule has 0 saturated heterocycles. The molecule has 0 spiro atoms. The van der Waals surface area contributed by atoms with Crippen LogP contribution in [-0.2, 0) is 6.42 Å². The van der Waals surface area contributed by atoms with Crippen molar-refractivity contribution in [2.75, 3.05) is 0 Å². The highest BCUT2D eigenvalue weighted by molar-refractivity contribution is 5.13. The predicted octanol–water partition coefficient (Wildman–Crippen LogP) is 0.563. The average Bonchev–Trinajstić information content (AvgIpc) is 2.16. The molecule has 0 radical (unpaired) electrons. The molecule has 0 aliphatic rings. The number of hydrazine groups is 1. The molecule has 1 unspecified atom stereocenters. The van der Waals surface area contributed by atoms with E-state index >= 15 is 0 Å². The first-order chi connectivity index (χ1) is 5.79. The first-order valence-electron chi connectivity index (χ1n) is 4.05. The van der Waals surface area contributed by atoms with Crippen LogP contribution < -0.4 is 11.3 Å². The maximum atomic E-state index is 5.31. The van der Waals surface area contributed by atoms with Gasteiger partial charge in [0.1, 0.15) is 0 Å². The van der Waals surface area contributed by atoms with E-state index in [0.717, 1.165) is 17.8 Å². The lowest BCUT2D eigenvalue weighted by Crippen LogP contribution is -2.27. The Morgan fingerprint density at radius 1 is 1.50 bits per heavy atom. The highest BCUT2D eigenvalue weighted by atomic mass is 15.2. The van der Waals surface area contributed by atoms with E-state index in [1.54, 1.807) is 12.4 Å². The van der Waals surface area contributed by atoms with Crippen LogP contribution in [0.3, 0.4) is 0 Å². The summed E-state index contributed by atoms with van der Waals surface area (Å²) in [5, 5.41) is 0. The molecule has 0 amide bonds. The molecule has 0 fully saturated rings. The third kappa shape index (κ3) is 1.78. The number of nitrogens with one attached hydrogen (secondary N) is 1. The van der Waals surface area contributed by atoms with Gasteiger partial charge in [0.25, 0.3) is 0 Å². The van der Waals surface area contributed by atoms with E-state index < -0.39 is 0 Å². The molecule has 1 atom stereocenters. The number of aryl methyl sites for hydroxylation is 1. The van der Waals surface area contributed by atoms with Gasteiger partial charge in [-0.05, 0) is 13.3 Å². The van der Waals surface area contributed by atoms with E-state index in [0.29, 0.717) is 0 Å². The van der Waals surface area contributed by atoms with Crippen LogP contribution >= 0.6 is 0 Å². The molecule has 0 aliphatic heterocycles. The van der Waals surface area contributed by atoms with Gasteiger partial charge in [-0.1, -0.05) is 6.92 Å². The number of aromatic nitrogens is 2. The third-order valence-electron chi connectivity index (χ3n) is 1.80. The fourth-order valence-corrected chi connectivity index (χ4v) is 1.09. The molecule has 1 heterocycles. The van der Waals surface area contributed by atoms with Crippen LogP contribution in [0.5, 0.6) is 0 Å². The van der Waals surface area contributed by atoms with Crippen molar-refractivity contribution < 1.29 is 0 Å². The predicted molar refractivity (Wildman–Crippen MR) is 47.1 cm³/mol. The molecule has 1 aromatic heterocycles. The molecule has 0 aliphatic carbocycles. The summed E-state index contributed by atoms with van der Waals surface area (Å²) < 4.78 is 0. The summed E-state index contributed by atoms with van der Waals surface area (Å²) >= 11 is 0. The first-order valence-corrected chi connectivity index (χ1v) is 4.05. The van der Waals surface area contributed by atoms with Crippen LogP contribution in [-0.4, -0.2) is 9.97 Å². The van der Waals surface area contributed by atoms with Crippen molar-refractivity contribution in [2.24, 2.45) is 5.84 Å². The Morgan fingerprint density at radius 2 is 2.17 bits per heavy atom. The summed E-state index contributed by atoms with van der Waals surface area (Å²) in [6.07, 6.45) is 4.27. The summed E-state index contributed by atoms with van der Waals surface area (Å²) in [5.74, 6) is 5.31. The molecule has 12 heavy (non-hydrogen) atoms. The van der Waals surface area contributed by atoms with Crippen LogP contribution in [0.4, 0.5) is 0 Å². The highest BCUT2D eigenvalue weighted by Gasteiger charge is 2.09. The van der Waals surface area contributed by atoms with Gasteiger partial charge in [0.15, 0.2) is 0 Å². The number of rotatable bonds is 3. The molecule has 0 bridgehead atoms. The minimum absolute atomic E-state index is 0.0636. The summed E-state index contributed by atoms with van der Waals surface area (Å²) in [5.41, 5.74) is 4.59. The van der Waals surface area contributed by atoms with E-state index in [-0.39, 0.29) is 6.04 Å². The quantitative estimate of drug-likeness (QED) is 0.509. The minimum Gasteiger partial charge on any atom is -0.271 e. The van der Waals surface area contributed by atoms with Crippen LogP contribution in [0.1, 0.15) is 31.3 Å². The fraction of sp³-hybridized carbons (Fsp3) is 0.500. The van der Waals surface area contributed by atoms with Gasteiger partial charge in [-0.25, -0.2) is 0 Å². The number of hydrogen-bond donors (Lipinski definition) is 2. The smallest absolute Gasteiger partial charge is 0.0798 e. The standard InChI is InChI=1S/C8H14N4/c1-3-7-8(6(2)12-9)11-5-4-10-7/h4-6,12H,3,9H2,1-2H3. The maximum Gasteiger partial charge on any atom is 0.0798 e. The van der Waals surface area contributed by atoms with Gasteiger partial charge in [0.2, 0.25) is 0 Å². The third-order valence-corrected chi connectivity index (χ3v) is 1.80. The van der Waals surface area contributed by atoms with Crippen LogP contribution in [0.25, 0.3) is 0 Å². The Bertz CT molecular complexity index is 249. The lowest BCUT2D eigenvalue weighted by molar-refractivity contribution is 0.576. The normalized spacial score (nSPS) is 12.9. The van der Waals surface area contributed by atoms with E-state index in [4.69, 9.17) is 5.84 Å². The van der Waals surface area contributed by atoms with Crippen molar-refractivity contribution in [3.05, 3.63) is 23.8 Å². The van der Waals surface area contributed by atoms with E-state index in [1.807, 2.05) is 6.92 Å². The zero-order chi connectivity index (χ0) is 8.97. The zero-order valence-corrected chi connectivity index (χ0v) is 7.41. The van der Waals surface area contributed by atoms with Crippen molar-refractivity contribution in [1.82, 2.24) is 15.4 Å².